The molecule has 0 aliphatic rings. The van der Waals surface area contributed by atoms with Crippen LogP contribution >= 0.6 is 27.3 Å². The molecular weight excluding hydrogens is 276 g/mol. The number of thiazole rings is 1. The van der Waals surface area contributed by atoms with Crippen molar-refractivity contribution in [1.29, 1.82) is 0 Å². The summed E-state index contributed by atoms with van der Waals surface area (Å²) in [7, 11) is 1.94. The molecule has 0 aromatic carbocycles. The van der Waals surface area contributed by atoms with Crippen LogP contribution in [0.2, 0.25) is 0 Å². The van der Waals surface area contributed by atoms with Crippen molar-refractivity contribution < 1.29 is 4.42 Å². The maximum Gasteiger partial charge on any atom is 0.169 e. The summed E-state index contributed by atoms with van der Waals surface area (Å²) in [6.45, 7) is 0.953. The van der Waals surface area contributed by atoms with E-state index in [1.165, 1.54) is 0 Å². The first kappa shape index (κ1) is 10.9. The molecule has 15 heavy (non-hydrogen) atoms. The summed E-state index contributed by atoms with van der Waals surface area (Å²) in [5.41, 5.74) is 0.914. The van der Waals surface area contributed by atoms with Gasteiger partial charge in [0.1, 0.15) is 5.69 Å². The number of rotatable bonds is 4. The molecule has 0 fully saturated rings. The van der Waals surface area contributed by atoms with Crippen molar-refractivity contribution in [3.63, 3.8) is 0 Å². The van der Waals surface area contributed by atoms with Gasteiger partial charge in [0.2, 0.25) is 0 Å². The van der Waals surface area contributed by atoms with Gasteiger partial charge < -0.3 is 9.73 Å². The maximum absolute atomic E-state index is 5.43. The van der Waals surface area contributed by atoms with Crippen molar-refractivity contribution in [2.45, 2.75) is 6.42 Å². The Labute approximate surface area is 101 Å². The number of nitrogens with zero attached hydrogens (tertiary/aromatic N) is 1. The molecule has 0 saturated carbocycles. The van der Waals surface area contributed by atoms with Crippen LogP contribution < -0.4 is 5.32 Å². The second-order valence-corrected chi connectivity index (χ2v) is 4.81. The molecule has 0 spiro atoms. The fourth-order valence-corrected chi connectivity index (χ4v) is 2.32. The Hall–Kier alpha value is -0.650. The highest BCUT2D eigenvalue weighted by atomic mass is 79.9. The quantitative estimate of drug-likeness (QED) is 0.939. The molecular formula is C10H11BrN2OS. The van der Waals surface area contributed by atoms with E-state index in [9.17, 15) is 0 Å². The lowest BCUT2D eigenvalue weighted by molar-refractivity contribution is 0.554. The molecule has 1 N–H and O–H groups in total. The topological polar surface area (TPSA) is 38.1 Å². The van der Waals surface area contributed by atoms with Crippen LogP contribution in [0.3, 0.4) is 0 Å². The molecule has 0 amide bonds. The molecule has 2 aromatic rings. The van der Waals surface area contributed by atoms with Crippen LogP contribution in [0.15, 0.2) is 26.6 Å². The lowest BCUT2D eigenvalue weighted by Gasteiger charge is -1.93. The van der Waals surface area contributed by atoms with E-state index in [-0.39, 0.29) is 0 Å². The third-order valence-corrected chi connectivity index (χ3v) is 3.30. The minimum Gasteiger partial charge on any atom is -0.448 e. The first-order valence-electron chi connectivity index (χ1n) is 4.64. The Kier molecular flexibility index (Phi) is 3.56. The molecule has 0 unspecified atom stereocenters. The highest BCUT2D eigenvalue weighted by Crippen LogP contribution is 2.26. The molecule has 0 radical (unpaired) electrons. The molecule has 2 rings (SSSR count). The molecule has 2 heterocycles. The lowest BCUT2D eigenvalue weighted by atomic mass is 10.3. The summed E-state index contributed by atoms with van der Waals surface area (Å²) >= 11 is 4.94. The van der Waals surface area contributed by atoms with Gasteiger partial charge >= 0.3 is 0 Å². The van der Waals surface area contributed by atoms with E-state index in [0.717, 1.165) is 34.1 Å². The van der Waals surface area contributed by atoms with Gasteiger partial charge in [-0.25, -0.2) is 4.98 Å². The van der Waals surface area contributed by atoms with Crippen molar-refractivity contribution in [2.75, 3.05) is 13.6 Å². The molecule has 0 aliphatic heterocycles. The van der Waals surface area contributed by atoms with E-state index in [0.29, 0.717) is 0 Å². The van der Waals surface area contributed by atoms with E-state index >= 15 is 0 Å². The molecule has 2 aromatic heterocycles. The summed E-state index contributed by atoms with van der Waals surface area (Å²) in [4.78, 5) is 4.50. The second kappa shape index (κ2) is 4.92. The van der Waals surface area contributed by atoms with Gasteiger partial charge in [-0.2, -0.15) is 0 Å². The fraction of sp³-hybridized carbons (Fsp3) is 0.300. The summed E-state index contributed by atoms with van der Waals surface area (Å²) in [5.74, 6) is 0.814. The summed E-state index contributed by atoms with van der Waals surface area (Å²) in [5, 5.41) is 6.26. The fourth-order valence-electron chi connectivity index (χ4n) is 1.22. The zero-order valence-electron chi connectivity index (χ0n) is 8.29. The largest absolute Gasteiger partial charge is 0.448 e. The molecule has 3 nitrogen and oxygen atoms in total. The van der Waals surface area contributed by atoms with Gasteiger partial charge in [-0.05, 0) is 35.1 Å². The van der Waals surface area contributed by atoms with Gasteiger partial charge in [0.25, 0.3) is 0 Å². The van der Waals surface area contributed by atoms with E-state index < -0.39 is 0 Å². The standard InChI is InChI=1S/C10H11BrN2OS/c1-12-5-4-10-13-7(6-15-10)8-2-3-9(11)14-8/h2-3,6,12H,4-5H2,1H3. The first-order chi connectivity index (χ1) is 7.29. The van der Waals surface area contributed by atoms with Crippen LogP contribution in [0.5, 0.6) is 0 Å². The zero-order valence-corrected chi connectivity index (χ0v) is 10.7. The Morgan fingerprint density at radius 2 is 2.40 bits per heavy atom. The first-order valence-corrected chi connectivity index (χ1v) is 6.31. The van der Waals surface area contributed by atoms with Crippen LogP contribution in [0.25, 0.3) is 11.5 Å². The zero-order chi connectivity index (χ0) is 10.7. The summed E-state index contributed by atoms with van der Waals surface area (Å²) < 4.78 is 6.17. The monoisotopic (exact) mass is 286 g/mol. The summed E-state index contributed by atoms with van der Waals surface area (Å²) in [6.07, 6.45) is 0.961. The SMILES string of the molecule is CNCCc1nc(-c2ccc(Br)o2)cs1. The molecule has 0 saturated heterocycles. The highest BCUT2D eigenvalue weighted by molar-refractivity contribution is 9.10. The molecule has 80 valence electrons. The van der Waals surface area contributed by atoms with Crippen LogP contribution in [0.4, 0.5) is 0 Å². The van der Waals surface area contributed by atoms with Crippen molar-refractivity contribution in [3.05, 3.63) is 27.2 Å². The third-order valence-electron chi connectivity index (χ3n) is 1.97. The van der Waals surface area contributed by atoms with Crippen molar-refractivity contribution in [3.8, 4) is 11.5 Å². The smallest absolute Gasteiger partial charge is 0.169 e. The number of furan rings is 1. The number of likely N-dealkylation sites (N-methyl/N-ethyl adjacent to an activating group) is 1. The lowest BCUT2D eigenvalue weighted by Crippen LogP contribution is -2.09. The minimum absolute atomic E-state index is 0.738. The maximum atomic E-state index is 5.43. The van der Waals surface area contributed by atoms with Crippen LogP contribution in [0, 0.1) is 0 Å². The molecule has 0 bridgehead atoms. The predicted octanol–water partition coefficient (Wildman–Crippen LogP) is 2.93. The average molecular weight is 287 g/mol. The third kappa shape index (κ3) is 2.68. The van der Waals surface area contributed by atoms with Gasteiger partial charge in [-0.15, -0.1) is 11.3 Å². The Morgan fingerprint density at radius 3 is 3.07 bits per heavy atom. The van der Waals surface area contributed by atoms with Crippen LogP contribution in [0.1, 0.15) is 5.01 Å². The second-order valence-electron chi connectivity index (χ2n) is 3.08. The summed E-state index contributed by atoms with van der Waals surface area (Å²) in [6, 6.07) is 3.79. The Balaban J connectivity index is 2.13. The highest BCUT2D eigenvalue weighted by Gasteiger charge is 2.07. The van der Waals surface area contributed by atoms with Gasteiger partial charge in [-0.3, -0.25) is 0 Å². The van der Waals surface area contributed by atoms with Crippen LogP contribution in [-0.4, -0.2) is 18.6 Å². The van der Waals surface area contributed by atoms with E-state index in [1.807, 2.05) is 24.6 Å². The Morgan fingerprint density at radius 1 is 1.53 bits per heavy atom. The number of aromatic nitrogens is 1. The van der Waals surface area contributed by atoms with Gasteiger partial charge in [0.15, 0.2) is 10.4 Å². The van der Waals surface area contributed by atoms with Gasteiger partial charge in [0, 0.05) is 18.3 Å². The minimum atomic E-state index is 0.738. The average Bonchev–Trinajstić information content (AvgIpc) is 2.83. The number of nitrogens with one attached hydrogen (secondary N) is 1. The Bertz CT molecular complexity index is 438. The van der Waals surface area contributed by atoms with E-state index in [4.69, 9.17) is 4.42 Å². The van der Waals surface area contributed by atoms with Gasteiger partial charge in [0.05, 0.1) is 5.01 Å². The predicted molar refractivity (Wildman–Crippen MR) is 65.1 cm³/mol. The van der Waals surface area contributed by atoms with Crippen molar-refractivity contribution in [1.82, 2.24) is 10.3 Å². The van der Waals surface area contributed by atoms with E-state index in [2.05, 4.69) is 26.2 Å². The van der Waals surface area contributed by atoms with E-state index in [1.54, 1.807) is 11.3 Å². The molecule has 0 aliphatic carbocycles. The van der Waals surface area contributed by atoms with Gasteiger partial charge in [-0.1, -0.05) is 0 Å². The number of hydrogen-bond acceptors (Lipinski definition) is 4. The molecule has 5 heteroatoms. The normalized spacial score (nSPS) is 10.8. The van der Waals surface area contributed by atoms with Crippen molar-refractivity contribution >= 4 is 27.3 Å². The number of hydrogen-bond donors (Lipinski definition) is 1. The van der Waals surface area contributed by atoms with Crippen molar-refractivity contribution in [2.24, 2.45) is 0 Å². The van der Waals surface area contributed by atoms with Crippen LogP contribution in [-0.2, 0) is 6.42 Å². The number of halogens is 1. The molecule has 0 atom stereocenters.